The molecule has 0 spiro atoms. The third kappa shape index (κ3) is 4.66. The smallest absolute Gasteiger partial charge is 0.251 e. The van der Waals surface area contributed by atoms with Crippen molar-refractivity contribution in [2.45, 2.75) is 33.7 Å². The Balaban J connectivity index is 2.81. The average Bonchev–Trinajstić information content (AvgIpc) is 2.37. The summed E-state index contributed by atoms with van der Waals surface area (Å²) < 4.78 is 0. The zero-order valence-corrected chi connectivity index (χ0v) is 12.4. The van der Waals surface area contributed by atoms with Gasteiger partial charge in [0.1, 0.15) is 0 Å². The fourth-order valence-corrected chi connectivity index (χ4v) is 1.41. The van der Waals surface area contributed by atoms with E-state index in [0.29, 0.717) is 11.3 Å². The molecule has 1 atom stereocenters. The van der Waals surface area contributed by atoms with Crippen LogP contribution in [0.15, 0.2) is 24.3 Å². The second-order valence-corrected chi connectivity index (χ2v) is 5.84. The average molecular weight is 278 g/mol. The second-order valence-electron chi connectivity index (χ2n) is 5.84. The van der Waals surface area contributed by atoms with E-state index < -0.39 is 5.41 Å². The van der Waals surface area contributed by atoms with Crippen molar-refractivity contribution in [1.29, 1.82) is 0 Å². The van der Waals surface area contributed by atoms with Gasteiger partial charge in [-0.25, -0.2) is 0 Å². The van der Waals surface area contributed by atoms with Crippen LogP contribution in [0.3, 0.4) is 0 Å². The van der Waals surface area contributed by atoms with Crippen LogP contribution in [0.25, 0.3) is 0 Å². The highest BCUT2D eigenvalue weighted by Gasteiger charge is 2.21. The summed E-state index contributed by atoms with van der Waals surface area (Å²) in [7, 11) is 0. The zero-order chi connectivity index (χ0) is 15.3. The molecule has 0 aliphatic rings. The molecule has 1 unspecified atom stereocenters. The van der Waals surface area contributed by atoms with Gasteiger partial charge in [0.15, 0.2) is 0 Å². The fourth-order valence-electron chi connectivity index (χ4n) is 1.41. The normalized spacial score (nSPS) is 12.7. The quantitative estimate of drug-likeness (QED) is 0.785. The van der Waals surface area contributed by atoms with Gasteiger partial charge in [0.2, 0.25) is 5.91 Å². The van der Waals surface area contributed by atoms with Crippen LogP contribution in [0.5, 0.6) is 0 Å². The third-order valence-corrected chi connectivity index (χ3v) is 2.72. The van der Waals surface area contributed by atoms with Gasteiger partial charge in [-0.15, -0.1) is 0 Å². The molecule has 3 N–H and O–H groups in total. The molecule has 0 fully saturated rings. The summed E-state index contributed by atoms with van der Waals surface area (Å²) in [6.45, 7) is 7.06. The molecule has 0 radical (unpaired) electrons. The Morgan fingerprint density at radius 2 is 1.95 bits per heavy atom. The molecule has 110 valence electrons. The highest BCUT2D eigenvalue weighted by atomic mass is 16.3. The van der Waals surface area contributed by atoms with E-state index in [0.717, 1.165) is 0 Å². The number of amides is 2. The van der Waals surface area contributed by atoms with Crippen molar-refractivity contribution >= 4 is 17.5 Å². The Morgan fingerprint density at radius 3 is 2.50 bits per heavy atom. The molecule has 20 heavy (non-hydrogen) atoms. The van der Waals surface area contributed by atoms with Gasteiger partial charge in [-0.3, -0.25) is 9.59 Å². The van der Waals surface area contributed by atoms with E-state index in [1.54, 1.807) is 31.2 Å². The van der Waals surface area contributed by atoms with Gasteiger partial charge < -0.3 is 15.7 Å². The molecular weight excluding hydrogens is 256 g/mol. The number of anilines is 1. The van der Waals surface area contributed by atoms with Crippen molar-refractivity contribution < 1.29 is 14.7 Å². The van der Waals surface area contributed by atoms with Crippen LogP contribution in [0, 0.1) is 5.41 Å². The lowest BCUT2D eigenvalue weighted by Crippen LogP contribution is -2.35. The van der Waals surface area contributed by atoms with Crippen LogP contribution in [0.1, 0.15) is 38.1 Å². The number of carbonyl (C=O) groups is 2. The van der Waals surface area contributed by atoms with Crippen molar-refractivity contribution in [3.8, 4) is 0 Å². The van der Waals surface area contributed by atoms with Crippen LogP contribution in [-0.2, 0) is 4.79 Å². The largest absolute Gasteiger partial charge is 0.394 e. The molecule has 1 aromatic rings. The van der Waals surface area contributed by atoms with Gasteiger partial charge in [0, 0.05) is 22.7 Å². The minimum Gasteiger partial charge on any atom is -0.394 e. The van der Waals surface area contributed by atoms with Gasteiger partial charge in [-0.2, -0.15) is 0 Å². The van der Waals surface area contributed by atoms with Gasteiger partial charge in [0.05, 0.1) is 6.61 Å². The molecule has 1 rings (SSSR count). The minimum absolute atomic E-state index is 0.112. The summed E-state index contributed by atoms with van der Waals surface area (Å²) >= 11 is 0. The lowest BCUT2D eigenvalue weighted by Gasteiger charge is -2.18. The first-order valence-electron chi connectivity index (χ1n) is 6.57. The van der Waals surface area contributed by atoms with Crippen molar-refractivity contribution in [2.75, 3.05) is 11.9 Å². The Morgan fingerprint density at radius 1 is 1.30 bits per heavy atom. The van der Waals surface area contributed by atoms with E-state index in [2.05, 4.69) is 10.6 Å². The predicted molar refractivity (Wildman–Crippen MR) is 78.5 cm³/mol. The molecule has 0 aliphatic heterocycles. The molecule has 0 saturated heterocycles. The maximum Gasteiger partial charge on any atom is 0.251 e. The summed E-state index contributed by atoms with van der Waals surface area (Å²) in [5.41, 5.74) is 0.523. The van der Waals surface area contributed by atoms with Crippen LogP contribution >= 0.6 is 0 Å². The van der Waals surface area contributed by atoms with Crippen LogP contribution in [0.4, 0.5) is 5.69 Å². The van der Waals surface area contributed by atoms with E-state index in [1.807, 2.05) is 20.8 Å². The molecule has 2 amide bonds. The molecular formula is C15H22N2O3. The predicted octanol–water partition coefficient (Wildman–Crippen LogP) is 1.78. The molecule has 5 nitrogen and oxygen atoms in total. The number of benzene rings is 1. The Kier molecular flexibility index (Phi) is 5.27. The van der Waals surface area contributed by atoms with E-state index in [9.17, 15) is 9.59 Å². The van der Waals surface area contributed by atoms with Crippen LogP contribution < -0.4 is 10.6 Å². The highest BCUT2D eigenvalue weighted by molar-refractivity contribution is 5.98. The van der Waals surface area contributed by atoms with Crippen molar-refractivity contribution in [3.05, 3.63) is 29.8 Å². The fraction of sp³-hybridized carbons (Fsp3) is 0.467. The molecule has 5 heteroatoms. The first-order chi connectivity index (χ1) is 9.24. The lowest BCUT2D eigenvalue weighted by atomic mass is 9.95. The van der Waals surface area contributed by atoms with Gasteiger partial charge >= 0.3 is 0 Å². The van der Waals surface area contributed by atoms with Crippen molar-refractivity contribution in [1.82, 2.24) is 5.32 Å². The minimum atomic E-state index is -0.496. The summed E-state index contributed by atoms with van der Waals surface area (Å²) in [6, 6.07) is 6.40. The third-order valence-electron chi connectivity index (χ3n) is 2.72. The van der Waals surface area contributed by atoms with Crippen LogP contribution in [0.2, 0.25) is 0 Å². The summed E-state index contributed by atoms with van der Waals surface area (Å²) in [5, 5.41) is 14.4. The SMILES string of the molecule is CC(CO)NC(=O)c1cccc(NC(=O)C(C)(C)C)c1. The number of carbonyl (C=O) groups excluding carboxylic acids is 2. The number of hydrogen-bond donors (Lipinski definition) is 3. The zero-order valence-electron chi connectivity index (χ0n) is 12.4. The molecule has 0 heterocycles. The van der Waals surface area contributed by atoms with Gasteiger partial charge in [0.25, 0.3) is 5.91 Å². The number of aliphatic hydroxyl groups is 1. The maximum atomic E-state index is 11.9. The second kappa shape index (κ2) is 6.52. The van der Waals surface area contributed by atoms with Gasteiger partial charge in [-0.05, 0) is 25.1 Å². The molecule has 0 bridgehead atoms. The number of rotatable bonds is 4. The number of nitrogens with one attached hydrogen (secondary N) is 2. The van der Waals surface area contributed by atoms with Crippen molar-refractivity contribution in [2.24, 2.45) is 5.41 Å². The Bertz CT molecular complexity index is 492. The molecule has 0 saturated carbocycles. The molecule has 1 aromatic carbocycles. The van der Waals surface area contributed by atoms with Crippen LogP contribution in [-0.4, -0.2) is 29.6 Å². The summed E-state index contributed by atoms with van der Waals surface area (Å²) in [4.78, 5) is 23.8. The first-order valence-corrected chi connectivity index (χ1v) is 6.57. The van der Waals surface area contributed by atoms with E-state index in [4.69, 9.17) is 5.11 Å². The van der Waals surface area contributed by atoms with Crippen molar-refractivity contribution in [3.63, 3.8) is 0 Å². The van der Waals surface area contributed by atoms with E-state index in [1.165, 1.54) is 0 Å². The van der Waals surface area contributed by atoms with Gasteiger partial charge in [-0.1, -0.05) is 26.8 Å². The maximum absolute atomic E-state index is 11.9. The Labute approximate surface area is 119 Å². The van der Waals surface area contributed by atoms with E-state index >= 15 is 0 Å². The highest BCUT2D eigenvalue weighted by Crippen LogP contribution is 2.18. The number of aliphatic hydroxyl groups excluding tert-OH is 1. The number of hydrogen-bond acceptors (Lipinski definition) is 3. The lowest BCUT2D eigenvalue weighted by molar-refractivity contribution is -0.123. The first kappa shape index (κ1) is 16.2. The summed E-state index contributed by atoms with van der Waals surface area (Å²) in [6.07, 6.45) is 0. The monoisotopic (exact) mass is 278 g/mol. The molecule has 0 aromatic heterocycles. The topological polar surface area (TPSA) is 78.4 Å². The molecule has 0 aliphatic carbocycles. The standard InChI is InChI=1S/C15H22N2O3/c1-10(9-18)16-13(19)11-6-5-7-12(8-11)17-14(20)15(2,3)4/h5-8,10,18H,9H2,1-4H3,(H,16,19)(H,17,20). The van der Waals surface area contributed by atoms with E-state index in [-0.39, 0.29) is 24.5 Å². The Hall–Kier alpha value is -1.88. The summed E-state index contributed by atoms with van der Waals surface area (Å²) in [5.74, 6) is -0.391.